The molecule has 3 fully saturated rings. The first-order valence-electron chi connectivity index (χ1n) is 11.4. The van der Waals surface area contributed by atoms with Crippen LogP contribution in [0, 0.1) is 0 Å². The number of hydrogen-bond donors (Lipinski definition) is 0. The molecule has 3 aliphatic rings. The van der Waals surface area contributed by atoms with E-state index in [1.165, 1.54) is 0 Å². The lowest BCUT2D eigenvalue weighted by Gasteiger charge is -2.37. The average Bonchev–Trinajstić information content (AvgIpc) is 2.78. The number of aliphatic imine (C=N–C) groups is 3. The predicted molar refractivity (Wildman–Crippen MR) is 120 cm³/mol. The van der Waals surface area contributed by atoms with Crippen molar-refractivity contribution in [2.24, 2.45) is 15.0 Å². The van der Waals surface area contributed by atoms with Crippen molar-refractivity contribution in [1.82, 2.24) is 0 Å². The highest BCUT2D eigenvalue weighted by molar-refractivity contribution is 8.07. The first kappa shape index (κ1) is 25.3. The van der Waals surface area contributed by atoms with E-state index in [9.17, 15) is 14.4 Å². The fourth-order valence-corrected chi connectivity index (χ4v) is 7.66. The van der Waals surface area contributed by atoms with Gasteiger partial charge in [-0.15, -0.1) is 0 Å². The van der Waals surface area contributed by atoms with Crippen LogP contribution in [0.1, 0.15) is 77.0 Å². The second-order valence-corrected chi connectivity index (χ2v) is 11.6. The molecular formula is C21H30N3O6PS. The Balaban J connectivity index is 1.61. The zero-order valence-electron chi connectivity index (χ0n) is 18.1. The third kappa shape index (κ3) is 7.91. The number of hydrogen-bond acceptors (Lipinski definition) is 10. The van der Waals surface area contributed by atoms with Crippen molar-refractivity contribution in [2.75, 3.05) is 0 Å². The van der Waals surface area contributed by atoms with Crippen molar-refractivity contribution in [2.45, 2.75) is 113 Å². The number of isocyanates is 3. The highest BCUT2D eigenvalue weighted by Crippen LogP contribution is 2.56. The van der Waals surface area contributed by atoms with Gasteiger partial charge in [0.2, 0.25) is 18.2 Å². The van der Waals surface area contributed by atoms with Crippen molar-refractivity contribution in [3.05, 3.63) is 0 Å². The number of carbonyl (C=O) groups excluding carboxylic acids is 3. The Morgan fingerprint density at radius 1 is 0.531 bits per heavy atom. The fraction of sp³-hybridized carbons (Fsp3) is 0.857. The summed E-state index contributed by atoms with van der Waals surface area (Å²) in [6.45, 7) is -3.02. The van der Waals surface area contributed by atoms with Crippen LogP contribution >= 0.6 is 6.72 Å². The van der Waals surface area contributed by atoms with Crippen LogP contribution in [0.2, 0.25) is 0 Å². The maximum atomic E-state index is 10.5. The Morgan fingerprint density at radius 2 is 0.781 bits per heavy atom. The van der Waals surface area contributed by atoms with Gasteiger partial charge in [-0.2, -0.15) is 0 Å². The van der Waals surface area contributed by atoms with Gasteiger partial charge in [-0.3, -0.25) is 0 Å². The lowest BCUT2D eigenvalue weighted by atomic mass is 9.94. The third-order valence-electron chi connectivity index (χ3n) is 6.47. The minimum absolute atomic E-state index is 0.00524. The molecule has 0 aliphatic heterocycles. The van der Waals surface area contributed by atoms with E-state index in [0.717, 1.165) is 77.0 Å². The molecule has 0 radical (unpaired) electrons. The van der Waals surface area contributed by atoms with Gasteiger partial charge in [0.1, 0.15) is 0 Å². The number of nitrogens with zero attached hydrogens (tertiary/aromatic N) is 3. The van der Waals surface area contributed by atoms with Gasteiger partial charge in [0, 0.05) is 0 Å². The molecule has 0 heterocycles. The first-order chi connectivity index (χ1) is 15.5. The van der Waals surface area contributed by atoms with Crippen molar-refractivity contribution in [3.63, 3.8) is 0 Å². The molecule has 3 aliphatic carbocycles. The molecule has 0 unspecified atom stereocenters. The van der Waals surface area contributed by atoms with E-state index in [4.69, 9.17) is 25.4 Å². The summed E-state index contributed by atoms with van der Waals surface area (Å²) in [6.07, 6.45) is 13.6. The molecule has 0 aromatic heterocycles. The third-order valence-corrected chi connectivity index (χ3v) is 8.92. The van der Waals surface area contributed by atoms with Crippen molar-refractivity contribution in [3.8, 4) is 0 Å². The van der Waals surface area contributed by atoms with Crippen LogP contribution in [0.3, 0.4) is 0 Å². The lowest BCUT2D eigenvalue weighted by molar-refractivity contribution is 0.0296. The Kier molecular flexibility index (Phi) is 10.1. The fourth-order valence-electron chi connectivity index (χ4n) is 4.69. The second-order valence-electron chi connectivity index (χ2n) is 8.72. The lowest BCUT2D eigenvalue weighted by Crippen LogP contribution is -2.29. The van der Waals surface area contributed by atoms with E-state index in [1.807, 2.05) is 0 Å². The smallest absolute Gasteiger partial charge is 0.305 e. The van der Waals surface area contributed by atoms with Gasteiger partial charge in [0.25, 0.3) is 0 Å². The molecule has 176 valence electrons. The average molecular weight is 484 g/mol. The van der Waals surface area contributed by atoms with Crippen LogP contribution in [-0.4, -0.2) is 54.7 Å². The summed E-state index contributed by atoms with van der Waals surface area (Å²) < 4.78 is 19.0. The monoisotopic (exact) mass is 483 g/mol. The Labute approximate surface area is 193 Å². The standard InChI is InChI=1S/C21H30N3O6PS/c25-13-22-16-1-7-19(8-2-16)28-31(32,29-20-9-3-17(4-10-20)23-14-26)30-21-11-5-18(6-12-21)24-15-27/h16-21H,1-12H2. The molecule has 0 amide bonds. The van der Waals surface area contributed by atoms with Crippen molar-refractivity contribution >= 4 is 36.8 Å². The van der Waals surface area contributed by atoms with Gasteiger partial charge in [-0.1, -0.05) is 0 Å². The second kappa shape index (κ2) is 12.8. The molecule has 0 atom stereocenters. The van der Waals surface area contributed by atoms with Crippen LogP contribution in [0.25, 0.3) is 0 Å². The summed E-state index contributed by atoms with van der Waals surface area (Å²) in [5, 5.41) is 0. The van der Waals surface area contributed by atoms with Crippen molar-refractivity contribution < 1.29 is 28.0 Å². The van der Waals surface area contributed by atoms with Crippen molar-refractivity contribution in [1.29, 1.82) is 0 Å². The summed E-state index contributed by atoms with van der Waals surface area (Å²) in [4.78, 5) is 43.1. The predicted octanol–water partition coefficient (Wildman–Crippen LogP) is 4.20. The van der Waals surface area contributed by atoms with Gasteiger partial charge in [0.05, 0.1) is 36.4 Å². The zero-order chi connectivity index (χ0) is 22.8. The topological polar surface area (TPSA) is 116 Å². The van der Waals surface area contributed by atoms with E-state index in [0.29, 0.717) is 0 Å². The molecule has 3 rings (SSSR count). The summed E-state index contributed by atoms with van der Waals surface area (Å²) in [6, 6.07) is -0.0157. The molecule has 0 bridgehead atoms. The molecule has 32 heavy (non-hydrogen) atoms. The highest BCUT2D eigenvalue weighted by atomic mass is 32.5. The molecule has 0 aromatic carbocycles. The molecule has 11 heteroatoms. The molecular weight excluding hydrogens is 453 g/mol. The Hall–Kier alpha value is -1.33. The Morgan fingerprint density at radius 3 is 1.00 bits per heavy atom. The van der Waals surface area contributed by atoms with Crippen LogP contribution < -0.4 is 0 Å². The maximum Gasteiger partial charge on any atom is 0.327 e. The van der Waals surface area contributed by atoms with Gasteiger partial charge < -0.3 is 13.6 Å². The van der Waals surface area contributed by atoms with Crippen LogP contribution in [0.4, 0.5) is 0 Å². The summed E-state index contributed by atoms with van der Waals surface area (Å²) >= 11 is 5.87. The Bertz CT molecular complexity index is 696. The molecule has 0 aromatic rings. The van der Waals surface area contributed by atoms with Gasteiger partial charge in [0.15, 0.2) is 0 Å². The number of rotatable bonds is 9. The first-order valence-corrected chi connectivity index (χ1v) is 14.0. The SMILES string of the molecule is O=C=NC1CCC(OP(=S)(OC2CCC(N=C=O)CC2)OC2CCC(N=C=O)CC2)CC1. The summed E-state index contributed by atoms with van der Waals surface area (Å²) in [5.74, 6) is 0. The molecule has 3 saturated carbocycles. The van der Waals surface area contributed by atoms with Gasteiger partial charge >= 0.3 is 6.72 Å². The quantitative estimate of drug-likeness (QED) is 0.274. The molecule has 0 saturated heterocycles. The van der Waals surface area contributed by atoms with Crippen LogP contribution in [0.5, 0.6) is 0 Å². The van der Waals surface area contributed by atoms with E-state index in [-0.39, 0.29) is 36.4 Å². The van der Waals surface area contributed by atoms with E-state index >= 15 is 0 Å². The summed E-state index contributed by atoms with van der Waals surface area (Å²) in [5.41, 5.74) is 0. The van der Waals surface area contributed by atoms with Crippen LogP contribution in [0.15, 0.2) is 15.0 Å². The van der Waals surface area contributed by atoms with Gasteiger partial charge in [-0.25, -0.2) is 29.4 Å². The molecule has 0 spiro atoms. The minimum Gasteiger partial charge on any atom is -0.305 e. The minimum atomic E-state index is -3.02. The zero-order valence-corrected chi connectivity index (χ0v) is 19.8. The largest absolute Gasteiger partial charge is 0.327 e. The maximum absolute atomic E-state index is 10.5. The normalized spacial score (nSPS) is 34.8. The van der Waals surface area contributed by atoms with Crippen LogP contribution in [-0.2, 0) is 39.8 Å². The summed E-state index contributed by atoms with van der Waals surface area (Å²) in [7, 11) is 0. The van der Waals surface area contributed by atoms with E-state index in [2.05, 4.69) is 15.0 Å². The van der Waals surface area contributed by atoms with E-state index in [1.54, 1.807) is 18.2 Å². The highest BCUT2D eigenvalue weighted by Gasteiger charge is 2.36. The molecule has 0 N–H and O–H groups in total. The molecule has 9 nitrogen and oxygen atoms in total. The van der Waals surface area contributed by atoms with Gasteiger partial charge in [-0.05, 0) is 88.9 Å². The van der Waals surface area contributed by atoms with E-state index < -0.39 is 6.72 Å².